The van der Waals surface area contributed by atoms with Crippen molar-refractivity contribution in [2.45, 2.75) is 18.2 Å². The molecule has 0 aliphatic carbocycles. The van der Waals surface area contributed by atoms with Crippen LogP contribution in [-0.4, -0.2) is 17.8 Å². The van der Waals surface area contributed by atoms with Crippen molar-refractivity contribution in [1.29, 1.82) is 0 Å². The number of carbonyl (C=O) groups is 1. The normalized spacial score (nSPS) is 29.6. The number of alkyl halides is 1. The molecule has 8 heavy (non-hydrogen) atoms. The van der Waals surface area contributed by atoms with E-state index in [2.05, 4.69) is 5.32 Å². The summed E-state index contributed by atoms with van der Waals surface area (Å²) in [6.07, 6.45) is 1.40. The van der Waals surface area contributed by atoms with Gasteiger partial charge in [0.15, 0.2) is 0 Å². The molecule has 1 N–H and O–H groups in total. The van der Waals surface area contributed by atoms with Gasteiger partial charge in [0.1, 0.15) is 0 Å². The molecule has 0 aromatic heterocycles. The molecule has 1 aliphatic rings. The van der Waals surface area contributed by atoms with Crippen molar-refractivity contribution in [1.82, 2.24) is 5.32 Å². The maximum absolute atomic E-state index is 10.5. The van der Waals surface area contributed by atoms with Crippen LogP contribution in [0.4, 0.5) is 0 Å². The maximum atomic E-state index is 10.5. The molecule has 1 saturated heterocycles. The fraction of sp³-hybridized carbons (Fsp3) is 0.800. The summed E-state index contributed by atoms with van der Waals surface area (Å²) in [6, 6.07) is 0. The number of hydrogen-bond acceptors (Lipinski definition) is 1. The molecule has 3 heteroatoms. The lowest BCUT2D eigenvalue weighted by molar-refractivity contribution is -0.122. The molecule has 1 unspecified atom stereocenters. The summed E-state index contributed by atoms with van der Waals surface area (Å²) < 4.78 is 0. The Balaban J connectivity index is 2.34. The van der Waals surface area contributed by atoms with Gasteiger partial charge in [-0.25, -0.2) is 0 Å². The molecule has 0 bridgehead atoms. The second-order valence-corrected chi connectivity index (χ2v) is 2.56. The van der Waals surface area contributed by atoms with Gasteiger partial charge in [0.05, 0.1) is 0 Å². The molecule has 0 saturated carbocycles. The van der Waals surface area contributed by atoms with Crippen molar-refractivity contribution in [3.8, 4) is 0 Å². The number of rotatable bonds is 0. The third kappa shape index (κ3) is 1.37. The van der Waals surface area contributed by atoms with E-state index in [1.54, 1.807) is 0 Å². The Labute approximate surface area is 53.2 Å². The largest absolute Gasteiger partial charge is 0.356 e. The second kappa shape index (κ2) is 2.35. The molecular formula is C5H8ClNO. The van der Waals surface area contributed by atoms with Gasteiger partial charge in [0.2, 0.25) is 5.91 Å². The molecule has 1 amide bonds. The van der Waals surface area contributed by atoms with E-state index in [4.69, 9.17) is 11.6 Å². The van der Waals surface area contributed by atoms with Gasteiger partial charge in [0.25, 0.3) is 0 Å². The van der Waals surface area contributed by atoms with Crippen LogP contribution in [0, 0.1) is 0 Å². The van der Waals surface area contributed by atoms with Crippen LogP contribution in [0.2, 0.25) is 0 Å². The Morgan fingerprint density at radius 3 is 2.88 bits per heavy atom. The van der Waals surface area contributed by atoms with Gasteiger partial charge >= 0.3 is 0 Å². The molecule has 0 radical (unpaired) electrons. The van der Waals surface area contributed by atoms with Gasteiger partial charge in [-0.1, -0.05) is 0 Å². The van der Waals surface area contributed by atoms with Crippen LogP contribution in [0.5, 0.6) is 0 Å². The van der Waals surface area contributed by atoms with E-state index < -0.39 is 0 Å². The van der Waals surface area contributed by atoms with Crippen LogP contribution in [0.25, 0.3) is 0 Å². The number of amides is 1. The standard InChI is InChI=1S/C5H8ClNO/c6-4-1-2-7-5(8)3-4/h4H,1-3H2,(H,7,8). The Hall–Kier alpha value is -0.240. The minimum atomic E-state index is 0.0729. The zero-order valence-electron chi connectivity index (χ0n) is 4.48. The van der Waals surface area contributed by atoms with E-state index >= 15 is 0 Å². The van der Waals surface area contributed by atoms with Gasteiger partial charge in [0, 0.05) is 18.3 Å². The molecule has 0 aromatic carbocycles. The highest BCUT2D eigenvalue weighted by molar-refractivity contribution is 6.21. The lowest BCUT2D eigenvalue weighted by Crippen LogP contribution is -2.33. The van der Waals surface area contributed by atoms with Crippen LogP contribution in [-0.2, 0) is 4.79 Å². The van der Waals surface area contributed by atoms with Crippen molar-refractivity contribution < 1.29 is 4.79 Å². The Morgan fingerprint density at radius 2 is 2.50 bits per heavy atom. The summed E-state index contributed by atoms with van der Waals surface area (Å²) >= 11 is 5.65. The van der Waals surface area contributed by atoms with E-state index in [9.17, 15) is 4.79 Å². The van der Waals surface area contributed by atoms with Crippen molar-refractivity contribution in [3.63, 3.8) is 0 Å². The van der Waals surface area contributed by atoms with Crippen LogP contribution >= 0.6 is 11.6 Å². The Bertz CT molecular complexity index is 105. The highest BCUT2D eigenvalue weighted by atomic mass is 35.5. The van der Waals surface area contributed by atoms with Crippen molar-refractivity contribution in [3.05, 3.63) is 0 Å². The van der Waals surface area contributed by atoms with E-state index in [-0.39, 0.29) is 11.3 Å². The van der Waals surface area contributed by atoms with Crippen molar-refractivity contribution in [2.24, 2.45) is 0 Å². The Morgan fingerprint density at radius 1 is 1.75 bits per heavy atom. The number of hydrogen-bond donors (Lipinski definition) is 1. The third-order valence-corrected chi connectivity index (χ3v) is 1.56. The van der Waals surface area contributed by atoms with E-state index in [0.717, 1.165) is 13.0 Å². The van der Waals surface area contributed by atoms with Crippen molar-refractivity contribution >= 4 is 17.5 Å². The van der Waals surface area contributed by atoms with Gasteiger partial charge in [-0.05, 0) is 6.42 Å². The average molecular weight is 134 g/mol. The second-order valence-electron chi connectivity index (χ2n) is 1.94. The molecule has 0 spiro atoms. The molecule has 2 nitrogen and oxygen atoms in total. The Kier molecular flexibility index (Phi) is 1.73. The minimum Gasteiger partial charge on any atom is -0.356 e. The maximum Gasteiger partial charge on any atom is 0.221 e. The molecule has 1 rings (SSSR count). The zero-order chi connectivity index (χ0) is 5.98. The van der Waals surface area contributed by atoms with Crippen LogP contribution in [0.1, 0.15) is 12.8 Å². The van der Waals surface area contributed by atoms with Crippen LogP contribution < -0.4 is 5.32 Å². The number of halogens is 1. The average Bonchev–Trinajstić information content (AvgIpc) is 1.64. The van der Waals surface area contributed by atoms with Crippen LogP contribution in [0.3, 0.4) is 0 Å². The third-order valence-electron chi connectivity index (χ3n) is 1.19. The van der Waals surface area contributed by atoms with Crippen molar-refractivity contribution in [2.75, 3.05) is 6.54 Å². The lowest BCUT2D eigenvalue weighted by Gasteiger charge is -2.15. The first-order chi connectivity index (χ1) is 3.79. The van der Waals surface area contributed by atoms with E-state index in [1.807, 2.05) is 0 Å². The molecule has 1 aliphatic heterocycles. The lowest BCUT2D eigenvalue weighted by atomic mass is 10.1. The summed E-state index contributed by atoms with van der Waals surface area (Å²) in [4.78, 5) is 10.5. The number of carbonyl (C=O) groups excluding carboxylic acids is 1. The van der Waals surface area contributed by atoms with Gasteiger partial charge in [-0.3, -0.25) is 4.79 Å². The SMILES string of the molecule is O=C1CC(Cl)CCN1. The summed E-state index contributed by atoms with van der Waals surface area (Å²) in [6.45, 7) is 0.743. The fourth-order valence-electron chi connectivity index (χ4n) is 0.744. The summed E-state index contributed by atoms with van der Waals surface area (Å²) in [5, 5.41) is 2.76. The predicted octanol–water partition coefficient (Wildman–Crippen LogP) is 0.504. The zero-order valence-corrected chi connectivity index (χ0v) is 5.24. The first-order valence-corrected chi connectivity index (χ1v) is 3.13. The van der Waals surface area contributed by atoms with Gasteiger partial charge in [-0.2, -0.15) is 0 Å². The highest BCUT2D eigenvalue weighted by Gasteiger charge is 2.15. The highest BCUT2D eigenvalue weighted by Crippen LogP contribution is 2.09. The first kappa shape index (κ1) is 5.89. The van der Waals surface area contributed by atoms with Gasteiger partial charge in [-0.15, -0.1) is 11.6 Å². The van der Waals surface area contributed by atoms with E-state index in [0.29, 0.717) is 6.42 Å². The topological polar surface area (TPSA) is 29.1 Å². The number of piperidine rings is 1. The molecule has 0 aromatic rings. The quantitative estimate of drug-likeness (QED) is 0.480. The summed E-state index contributed by atoms with van der Waals surface area (Å²) in [5.74, 6) is 0.0799. The van der Waals surface area contributed by atoms with Gasteiger partial charge < -0.3 is 5.32 Å². The molecule has 1 atom stereocenters. The minimum absolute atomic E-state index is 0.0729. The molecule has 46 valence electrons. The number of nitrogens with one attached hydrogen (secondary N) is 1. The molecule has 1 heterocycles. The molecular weight excluding hydrogens is 126 g/mol. The van der Waals surface area contributed by atoms with Crippen LogP contribution in [0.15, 0.2) is 0 Å². The monoisotopic (exact) mass is 133 g/mol. The smallest absolute Gasteiger partial charge is 0.221 e. The fourth-order valence-corrected chi connectivity index (χ4v) is 0.993. The summed E-state index contributed by atoms with van der Waals surface area (Å²) in [5.41, 5.74) is 0. The molecule has 1 fully saturated rings. The first-order valence-electron chi connectivity index (χ1n) is 2.70. The predicted molar refractivity (Wildman–Crippen MR) is 31.9 cm³/mol. The van der Waals surface area contributed by atoms with E-state index in [1.165, 1.54) is 0 Å². The summed E-state index contributed by atoms with van der Waals surface area (Å²) in [7, 11) is 0.